The van der Waals surface area contributed by atoms with Crippen LogP contribution in [0.15, 0.2) is 0 Å². The van der Waals surface area contributed by atoms with Gasteiger partial charge in [0.2, 0.25) is 0 Å². The van der Waals surface area contributed by atoms with Gasteiger partial charge in [0, 0.05) is 11.5 Å². The summed E-state index contributed by atoms with van der Waals surface area (Å²) in [5.41, 5.74) is 8.81. The lowest BCUT2D eigenvalue weighted by Gasteiger charge is -2.21. The van der Waals surface area contributed by atoms with Crippen molar-refractivity contribution < 1.29 is 29.7 Å². The largest absolute Gasteiger partial charge is 0.481 e. The van der Waals surface area contributed by atoms with Crippen LogP contribution < -0.4 is 11.5 Å². The molecule has 0 spiro atoms. The Bertz CT molecular complexity index is 340. The van der Waals surface area contributed by atoms with E-state index in [1.165, 1.54) is 0 Å². The van der Waals surface area contributed by atoms with E-state index >= 15 is 0 Å². The van der Waals surface area contributed by atoms with Gasteiger partial charge in [0.1, 0.15) is 11.6 Å². The van der Waals surface area contributed by atoms with Crippen LogP contribution in [0.25, 0.3) is 0 Å². The molecule has 10 heteroatoms. The molecule has 0 aromatic carbocycles. The number of carboxylic acids is 3. The fourth-order valence-electron chi connectivity index (χ4n) is 0.798. The van der Waals surface area contributed by atoms with Crippen molar-refractivity contribution in [3.63, 3.8) is 0 Å². The van der Waals surface area contributed by atoms with Gasteiger partial charge in [-0.3, -0.25) is 14.4 Å². The molecule has 8 nitrogen and oxygen atoms in total. The van der Waals surface area contributed by atoms with E-state index < -0.39 is 35.9 Å². The predicted octanol–water partition coefficient (Wildman–Crippen LogP) is -0.963. The van der Waals surface area contributed by atoms with Crippen molar-refractivity contribution in [3.05, 3.63) is 0 Å². The zero-order valence-electron chi connectivity index (χ0n) is 9.24. The Morgan fingerprint density at radius 3 is 2.11 bits per heavy atom. The van der Waals surface area contributed by atoms with Crippen LogP contribution in [0.1, 0.15) is 6.42 Å². The SMILES string of the molecule is N[C@@H](CSSC[C@@](N)(CC(=O)O)C(=O)O)C(=O)O. The molecule has 0 aliphatic rings. The Morgan fingerprint density at radius 2 is 1.72 bits per heavy atom. The third-order valence-corrected chi connectivity index (χ3v) is 4.41. The summed E-state index contributed by atoms with van der Waals surface area (Å²) in [6.07, 6.45) is -0.707. The summed E-state index contributed by atoms with van der Waals surface area (Å²) in [6.45, 7) is 0. The van der Waals surface area contributed by atoms with E-state index in [0.717, 1.165) is 21.6 Å². The van der Waals surface area contributed by atoms with Crippen molar-refractivity contribution in [1.82, 2.24) is 0 Å². The molecule has 0 rings (SSSR count). The Balaban J connectivity index is 4.18. The highest BCUT2D eigenvalue weighted by atomic mass is 33.1. The Labute approximate surface area is 110 Å². The van der Waals surface area contributed by atoms with E-state index in [2.05, 4.69) is 0 Å². The van der Waals surface area contributed by atoms with Crippen molar-refractivity contribution in [3.8, 4) is 0 Å². The first-order valence-electron chi connectivity index (χ1n) is 4.66. The summed E-state index contributed by atoms with van der Waals surface area (Å²) in [7, 11) is 2.02. The van der Waals surface area contributed by atoms with E-state index in [-0.39, 0.29) is 11.5 Å². The van der Waals surface area contributed by atoms with E-state index in [4.69, 9.17) is 26.8 Å². The Morgan fingerprint density at radius 1 is 1.17 bits per heavy atom. The second kappa shape index (κ2) is 7.46. The van der Waals surface area contributed by atoms with Crippen molar-refractivity contribution in [2.75, 3.05) is 11.5 Å². The van der Waals surface area contributed by atoms with Gasteiger partial charge < -0.3 is 26.8 Å². The van der Waals surface area contributed by atoms with Gasteiger partial charge in [-0.25, -0.2) is 0 Å². The van der Waals surface area contributed by atoms with E-state index in [1.54, 1.807) is 0 Å². The smallest absolute Gasteiger partial charge is 0.325 e. The number of hydrogen-bond acceptors (Lipinski definition) is 7. The van der Waals surface area contributed by atoms with Crippen LogP contribution in [0.5, 0.6) is 0 Å². The van der Waals surface area contributed by atoms with Crippen molar-refractivity contribution in [1.29, 1.82) is 0 Å². The molecule has 0 saturated carbocycles. The lowest BCUT2D eigenvalue weighted by molar-refractivity contribution is -0.148. The highest BCUT2D eigenvalue weighted by molar-refractivity contribution is 8.76. The van der Waals surface area contributed by atoms with Crippen LogP contribution in [0, 0.1) is 0 Å². The summed E-state index contributed by atoms with van der Waals surface area (Å²) in [4.78, 5) is 31.8. The second-order valence-electron chi connectivity index (χ2n) is 3.52. The number of rotatable bonds is 9. The summed E-state index contributed by atoms with van der Waals surface area (Å²) >= 11 is 0. The minimum Gasteiger partial charge on any atom is -0.481 e. The maximum Gasteiger partial charge on any atom is 0.325 e. The predicted molar refractivity (Wildman–Crippen MR) is 67.3 cm³/mol. The summed E-state index contributed by atoms with van der Waals surface area (Å²) in [5, 5.41) is 25.9. The molecule has 0 aromatic heterocycles. The van der Waals surface area contributed by atoms with E-state index in [0.29, 0.717) is 0 Å². The van der Waals surface area contributed by atoms with Gasteiger partial charge in [0.05, 0.1) is 6.42 Å². The summed E-state index contributed by atoms with van der Waals surface area (Å²) < 4.78 is 0. The first kappa shape index (κ1) is 17.0. The fourth-order valence-corrected chi connectivity index (χ4v) is 3.31. The zero-order valence-corrected chi connectivity index (χ0v) is 10.9. The number of aliphatic carboxylic acids is 3. The lowest BCUT2D eigenvalue weighted by Crippen LogP contribution is -2.51. The van der Waals surface area contributed by atoms with E-state index in [1.807, 2.05) is 0 Å². The maximum atomic E-state index is 10.9. The summed E-state index contributed by atoms with van der Waals surface area (Å²) in [6, 6.07) is -1.06. The number of nitrogens with two attached hydrogens (primary N) is 2. The highest BCUT2D eigenvalue weighted by Gasteiger charge is 2.36. The van der Waals surface area contributed by atoms with Gasteiger partial charge in [-0.2, -0.15) is 0 Å². The third kappa shape index (κ3) is 6.10. The molecule has 0 fully saturated rings. The molecule has 2 atom stereocenters. The molecule has 7 N–H and O–H groups in total. The van der Waals surface area contributed by atoms with Crippen molar-refractivity contribution >= 4 is 39.5 Å². The second-order valence-corrected chi connectivity index (χ2v) is 6.03. The van der Waals surface area contributed by atoms with Gasteiger partial charge >= 0.3 is 17.9 Å². The van der Waals surface area contributed by atoms with Gasteiger partial charge in [-0.05, 0) is 0 Å². The first-order valence-corrected chi connectivity index (χ1v) is 7.14. The molecule has 0 saturated heterocycles. The van der Waals surface area contributed by atoms with Gasteiger partial charge in [-0.15, -0.1) is 0 Å². The fraction of sp³-hybridized carbons (Fsp3) is 0.625. The highest BCUT2D eigenvalue weighted by Crippen LogP contribution is 2.27. The topological polar surface area (TPSA) is 164 Å². The minimum absolute atomic E-state index is 0.0722. The molecule has 0 unspecified atom stereocenters. The molecule has 0 aliphatic heterocycles. The normalized spacial score (nSPS) is 15.7. The monoisotopic (exact) mass is 298 g/mol. The molecular formula is C8H14N2O6S2. The van der Waals surface area contributed by atoms with Crippen molar-refractivity contribution in [2.45, 2.75) is 18.0 Å². The third-order valence-electron chi connectivity index (χ3n) is 1.86. The first-order chi connectivity index (χ1) is 8.19. The van der Waals surface area contributed by atoms with Crippen LogP contribution in [-0.4, -0.2) is 56.3 Å². The standard InChI is InChI=1S/C8H14N2O6S2/c9-4(6(13)14)2-17-18-3-8(10,7(15)16)1-5(11)12/h4H,1-3,9-10H2,(H,11,12)(H,13,14)(H,15,16)/t4-,8-/m0/s1. The van der Waals surface area contributed by atoms with Crippen LogP contribution in [0.3, 0.4) is 0 Å². The van der Waals surface area contributed by atoms with Crippen LogP contribution in [0.2, 0.25) is 0 Å². The van der Waals surface area contributed by atoms with E-state index in [9.17, 15) is 14.4 Å². The van der Waals surface area contributed by atoms with Crippen LogP contribution >= 0.6 is 21.6 Å². The number of hydrogen-bond donors (Lipinski definition) is 5. The Hall–Kier alpha value is -0.970. The molecule has 0 radical (unpaired) electrons. The average molecular weight is 298 g/mol. The molecule has 0 amide bonds. The maximum absolute atomic E-state index is 10.9. The zero-order chi connectivity index (χ0) is 14.3. The molecule has 0 bridgehead atoms. The molecule has 0 aliphatic carbocycles. The van der Waals surface area contributed by atoms with Gasteiger partial charge in [0.25, 0.3) is 0 Å². The van der Waals surface area contributed by atoms with Gasteiger partial charge in [0.15, 0.2) is 0 Å². The molecule has 18 heavy (non-hydrogen) atoms. The van der Waals surface area contributed by atoms with Crippen LogP contribution in [0.4, 0.5) is 0 Å². The summed E-state index contributed by atoms with van der Waals surface area (Å²) in [5.74, 6) is -3.98. The van der Waals surface area contributed by atoms with Crippen molar-refractivity contribution in [2.24, 2.45) is 11.5 Å². The molecule has 104 valence electrons. The quantitative estimate of drug-likeness (QED) is 0.264. The lowest BCUT2D eigenvalue weighted by atomic mass is 10.00. The minimum atomic E-state index is -1.88. The molecule has 0 aromatic rings. The molecule has 0 heterocycles. The van der Waals surface area contributed by atoms with Gasteiger partial charge in [-0.1, -0.05) is 21.6 Å². The molecular weight excluding hydrogens is 284 g/mol. The van der Waals surface area contributed by atoms with Crippen LogP contribution in [-0.2, 0) is 14.4 Å². The Kier molecular flexibility index (Phi) is 7.06. The average Bonchev–Trinajstić information content (AvgIpc) is 2.22. The number of carbonyl (C=O) groups is 3. The number of carboxylic acid groups (broad SMARTS) is 3.